The highest BCUT2D eigenvalue weighted by Crippen LogP contribution is 2.17. The van der Waals surface area contributed by atoms with E-state index in [0.29, 0.717) is 25.1 Å². The third kappa shape index (κ3) is 2.36. The van der Waals surface area contributed by atoms with E-state index >= 15 is 0 Å². The second kappa shape index (κ2) is 5.64. The first kappa shape index (κ1) is 12.6. The number of oxime groups is 1. The number of aliphatic hydroxyl groups is 1. The standard InChI is InChI=1S/C13H16N2O3/c16-9-3-7-15-8-6-10-4-1-2-5-11(10)12(14-18)13(15)17/h1-2,4-5,16,18H,3,6-9H2/b14-12+. The Balaban J connectivity index is 2.31. The van der Waals surface area contributed by atoms with Crippen molar-refractivity contribution >= 4 is 11.6 Å². The van der Waals surface area contributed by atoms with Gasteiger partial charge in [-0.2, -0.15) is 0 Å². The van der Waals surface area contributed by atoms with Crippen LogP contribution in [0.5, 0.6) is 0 Å². The maximum Gasteiger partial charge on any atom is 0.276 e. The van der Waals surface area contributed by atoms with Crippen molar-refractivity contribution in [3.05, 3.63) is 35.4 Å². The summed E-state index contributed by atoms with van der Waals surface area (Å²) in [7, 11) is 0. The SMILES string of the molecule is O=C1/C(=N/O)c2ccccc2CCN1CCCO. The van der Waals surface area contributed by atoms with E-state index in [1.165, 1.54) is 0 Å². The van der Waals surface area contributed by atoms with Crippen molar-refractivity contribution in [3.63, 3.8) is 0 Å². The van der Waals surface area contributed by atoms with Gasteiger partial charge in [0.1, 0.15) is 0 Å². The van der Waals surface area contributed by atoms with Gasteiger partial charge in [0.25, 0.3) is 5.91 Å². The molecule has 1 aromatic carbocycles. The molecule has 2 rings (SSSR count). The van der Waals surface area contributed by atoms with E-state index in [0.717, 1.165) is 12.0 Å². The van der Waals surface area contributed by atoms with E-state index in [2.05, 4.69) is 5.16 Å². The molecule has 0 fully saturated rings. The highest BCUT2D eigenvalue weighted by molar-refractivity contribution is 6.45. The molecule has 0 saturated carbocycles. The fourth-order valence-electron chi connectivity index (χ4n) is 2.16. The largest absolute Gasteiger partial charge is 0.410 e. The minimum absolute atomic E-state index is 0.0440. The van der Waals surface area contributed by atoms with Gasteiger partial charge in [0, 0.05) is 25.3 Å². The molecule has 0 spiro atoms. The summed E-state index contributed by atoms with van der Waals surface area (Å²) in [4.78, 5) is 13.8. The van der Waals surface area contributed by atoms with Crippen molar-refractivity contribution in [2.75, 3.05) is 19.7 Å². The number of rotatable bonds is 3. The van der Waals surface area contributed by atoms with E-state index < -0.39 is 0 Å². The Labute approximate surface area is 105 Å². The zero-order valence-corrected chi connectivity index (χ0v) is 10.0. The fraction of sp³-hybridized carbons (Fsp3) is 0.385. The van der Waals surface area contributed by atoms with Gasteiger partial charge in [-0.15, -0.1) is 0 Å². The average Bonchev–Trinajstić information content (AvgIpc) is 2.53. The second-order valence-corrected chi connectivity index (χ2v) is 4.23. The van der Waals surface area contributed by atoms with Crippen LogP contribution in [-0.2, 0) is 11.2 Å². The molecule has 5 heteroatoms. The van der Waals surface area contributed by atoms with Crippen LogP contribution in [0.25, 0.3) is 0 Å². The summed E-state index contributed by atoms with van der Waals surface area (Å²) in [6.45, 7) is 1.10. The van der Waals surface area contributed by atoms with E-state index in [-0.39, 0.29) is 18.2 Å². The van der Waals surface area contributed by atoms with Crippen LogP contribution in [-0.4, -0.2) is 46.5 Å². The predicted molar refractivity (Wildman–Crippen MR) is 66.8 cm³/mol. The highest BCUT2D eigenvalue weighted by Gasteiger charge is 2.26. The van der Waals surface area contributed by atoms with E-state index in [9.17, 15) is 4.79 Å². The quantitative estimate of drug-likeness (QED) is 0.608. The summed E-state index contributed by atoms with van der Waals surface area (Å²) in [5.74, 6) is -0.282. The van der Waals surface area contributed by atoms with Crippen LogP contribution in [0.1, 0.15) is 17.5 Å². The van der Waals surface area contributed by atoms with Gasteiger partial charge in [0.05, 0.1) is 0 Å². The lowest BCUT2D eigenvalue weighted by Crippen LogP contribution is -2.37. The van der Waals surface area contributed by atoms with Crippen LogP contribution in [0, 0.1) is 0 Å². The Kier molecular flexibility index (Phi) is 3.94. The maximum absolute atomic E-state index is 12.2. The number of carbonyl (C=O) groups excluding carboxylic acids is 1. The third-order valence-electron chi connectivity index (χ3n) is 3.10. The minimum atomic E-state index is -0.282. The maximum atomic E-state index is 12.2. The normalized spacial score (nSPS) is 17.7. The lowest BCUT2D eigenvalue weighted by atomic mass is 10.0. The van der Waals surface area contributed by atoms with Crippen molar-refractivity contribution in [3.8, 4) is 0 Å². The van der Waals surface area contributed by atoms with Crippen molar-refractivity contribution in [1.29, 1.82) is 0 Å². The summed E-state index contributed by atoms with van der Waals surface area (Å²) in [6.07, 6.45) is 1.26. The molecule has 1 heterocycles. The van der Waals surface area contributed by atoms with Crippen LogP contribution >= 0.6 is 0 Å². The smallest absolute Gasteiger partial charge is 0.276 e. The molecule has 5 nitrogen and oxygen atoms in total. The number of carbonyl (C=O) groups is 1. The molecule has 0 aromatic heterocycles. The summed E-state index contributed by atoms with van der Waals surface area (Å²) in [5, 5.41) is 21.1. The summed E-state index contributed by atoms with van der Waals surface area (Å²) < 4.78 is 0. The number of aliphatic hydroxyl groups excluding tert-OH is 1. The zero-order chi connectivity index (χ0) is 13.0. The van der Waals surface area contributed by atoms with E-state index in [4.69, 9.17) is 10.3 Å². The zero-order valence-electron chi connectivity index (χ0n) is 10.0. The van der Waals surface area contributed by atoms with Crippen molar-refractivity contribution < 1.29 is 15.1 Å². The van der Waals surface area contributed by atoms with Gasteiger partial charge >= 0.3 is 0 Å². The molecule has 1 aliphatic heterocycles. The molecular weight excluding hydrogens is 232 g/mol. The first-order chi connectivity index (χ1) is 8.77. The van der Waals surface area contributed by atoms with Gasteiger partial charge < -0.3 is 15.2 Å². The van der Waals surface area contributed by atoms with Crippen LogP contribution < -0.4 is 0 Å². The van der Waals surface area contributed by atoms with Crippen molar-refractivity contribution in [2.45, 2.75) is 12.8 Å². The van der Waals surface area contributed by atoms with Crippen molar-refractivity contribution in [2.24, 2.45) is 5.16 Å². The lowest BCUT2D eigenvalue weighted by molar-refractivity contribution is -0.124. The summed E-state index contributed by atoms with van der Waals surface area (Å²) >= 11 is 0. The van der Waals surface area contributed by atoms with Gasteiger partial charge in [-0.3, -0.25) is 4.79 Å². The topological polar surface area (TPSA) is 73.1 Å². The van der Waals surface area contributed by atoms with Crippen LogP contribution in [0.2, 0.25) is 0 Å². The van der Waals surface area contributed by atoms with Gasteiger partial charge in [-0.05, 0) is 18.4 Å². The number of nitrogens with zero attached hydrogens (tertiary/aromatic N) is 2. The minimum Gasteiger partial charge on any atom is -0.410 e. The molecule has 0 bridgehead atoms. The molecule has 0 saturated heterocycles. The van der Waals surface area contributed by atoms with E-state index in [1.807, 2.05) is 18.2 Å². The Bertz CT molecular complexity index is 471. The van der Waals surface area contributed by atoms with Gasteiger partial charge in [-0.1, -0.05) is 29.4 Å². The number of hydrogen-bond donors (Lipinski definition) is 2. The second-order valence-electron chi connectivity index (χ2n) is 4.23. The van der Waals surface area contributed by atoms with Crippen LogP contribution in [0.15, 0.2) is 29.4 Å². The molecule has 0 atom stereocenters. The first-order valence-corrected chi connectivity index (χ1v) is 5.98. The molecule has 0 radical (unpaired) electrons. The van der Waals surface area contributed by atoms with Crippen LogP contribution in [0.4, 0.5) is 0 Å². The molecule has 1 amide bonds. The van der Waals surface area contributed by atoms with Gasteiger partial charge in [-0.25, -0.2) is 0 Å². The molecule has 2 N–H and O–H groups in total. The predicted octanol–water partition coefficient (Wildman–Crippen LogP) is 0.632. The Morgan fingerprint density at radius 2 is 2.11 bits per heavy atom. The molecule has 0 unspecified atom stereocenters. The number of benzene rings is 1. The molecule has 1 aliphatic rings. The highest BCUT2D eigenvalue weighted by atomic mass is 16.4. The number of amides is 1. The molecule has 96 valence electrons. The molecule has 18 heavy (non-hydrogen) atoms. The summed E-state index contributed by atoms with van der Waals surface area (Å²) in [5.41, 5.74) is 1.78. The Hall–Kier alpha value is -1.88. The molecular formula is C13H16N2O3. The number of hydrogen-bond acceptors (Lipinski definition) is 4. The van der Waals surface area contributed by atoms with Gasteiger partial charge in [0.2, 0.25) is 0 Å². The number of fused-ring (bicyclic) bond motifs is 1. The van der Waals surface area contributed by atoms with E-state index in [1.54, 1.807) is 11.0 Å². The summed E-state index contributed by atoms with van der Waals surface area (Å²) in [6, 6.07) is 7.45. The monoisotopic (exact) mass is 248 g/mol. The average molecular weight is 248 g/mol. The molecule has 0 aliphatic carbocycles. The lowest BCUT2D eigenvalue weighted by Gasteiger charge is -2.19. The Morgan fingerprint density at radius 3 is 2.83 bits per heavy atom. The van der Waals surface area contributed by atoms with Gasteiger partial charge in [0.15, 0.2) is 5.71 Å². The first-order valence-electron chi connectivity index (χ1n) is 5.98. The third-order valence-corrected chi connectivity index (χ3v) is 3.10. The molecule has 1 aromatic rings. The van der Waals surface area contributed by atoms with Crippen LogP contribution in [0.3, 0.4) is 0 Å². The van der Waals surface area contributed by atoms with Crippen molar-refractivity contribution in [1.82, 2.24) is 4.90 Å². The Morgan fingerprint density at radius 1 is 1.33 bits per heavy atom. The fourth-order valence-corrected chi connectivity index (χ4v) is 2.16.